The number of non-ortho nitro benzene ring substituents is 1. The van der Waals surface area contributed by atoms with Gasteiger partial charge in [-0.1, -0.05) is 12.1 Å². The molecule has 0 aromatic heterocycles. The molecule has 0 radical (unpaired) electrons. The molecule has 168 valence electrons. The first-order chi connectivity index (χ1) is 15.2. The molecule has 1 amide bonds. The zero-order chi connectivity index (χ0) is 23.4. The summed E-state index contributed by atoms with van der Waals surface area (Å²) in [6, 6.07) is 11.3. The summed E-state index contributed by atoms with van der Waals surface area (Å²) in [6.07, 6.45) is 0.614. The number of methoxy groups -OCH3 is 1. The average Bonchev–Trinajstić information content (AvgIpc) is 3.03. The first kappa shape index (κ1) is 23.0. The molecule has 1 atom stereocenters. The van der Waals surface area contributed by atoms with E-state index in [4.69, 9.17) is 4.74 Å². The number of likely N-dealkylation sites (tertiary alicyclic amines) is 1. The van der Waals surface area contributed by atoms with Gasteiger partial charge in [0.05, 0.1) is 23.6 Å². The molecule has 1 fully saturated rings. The number of aliphatic hydroxyl groups excluding tert-OH is 1. The Morgan fingerprint density at radius 2 is 1.88 bits per heavy atom. The highest BCUT2D eigenvalue weighted by molar-refractivity contribution is 6.46. The average molecular weight is 439 g/mol. The minimum Gasteiger partial charge on any atom is -0.507 e. The van der Waals surface area contributed by atoms with Crippen LogP contribution >= 0.6 is 0 Å². The third-order valence-corrected chi connectivity index (χ3v) is 5.31. The summed E-state index contributed by atoms with van der Waals surface area (Å²) in [4.78, 5) is 39.8. The molecular formula is C23H25N3O6. The Morgan fingerprint density at radius 1 is 1.19 bits per heavy atom. The number of aliphatic hydroxyl groups is 1. The minimum atomic E-state index is -0.857. The molecule has 3 rings (SSSR count). The van der Waals surface area contributed by atoms with Gasteiger partial charge in [0.1, 0.15) is 11.5 Å². The van der Waals surface area contributed by atoms with Gasteiger partial charge in [0.2, 0.25) is 0 Å². The van der Waals surface area contributed by atoms with Crippen LogP contribution in [0.5, 0.6) is 5.75 Å². The van der Waals surface area contributed by atoms with Gasteiger partial charge in [-0.25, -0.2) is 0 Å². The Kier molecular flexibility index (Phi) is 6.89. The largest absolute Gasteiger partial charge is 0.507 e. The monoisotopic (exact) mass is 439 g/mol. The molecule has 0 aliphatic carbocycles. The summed E-state index contributed by atoms with van der Waals surface area (Å²) in [5.41, 5.74) is 0.680. The van der Waals surface area contributed by atoms with Crippen LogP contribution in [0.25, 0.3) is 5.76 Å². The van der Waals surface area contributed by atoms with Crippen molar-refractivity contribution in [2.24, 2.45) is 0 Å². The first-order valence-electron chi connectivity index (χ1n) is 10.1. The lowest BCUT2D eigenvalue weighted by Gasteiger charge is -2.26. The molecule has 2 aromatic carbocycles. The molecule has 0 saturated carbocycles. The number of benzene rings is 2. The quantitative estimate of drug-likeness (QED) is 0.221. The van der Waals surface area contributed by atoms with Gasteiger partial charge in [0, 0.05) is 24.2 Å². The van der Waals surface area contributed by atoms with Crippen molar-refractivity contribution in [1.82, 2.24) is 9.80 Å². The summed E-state index contributed by atoms with van der Waals surface area (Å²) in [5.74, 6) is -1.34. The molecule has 1 saturated heterocycles. The maximum atomic E-state index is 13.0. The summed E-state index contributed by atoms with van der Waals surface area (Å²) in [6.45, 7) is 0.991. The fourth-order valence-electron chi connectivity index (χ4n) is 3.72. The lowest BCUT2D eigenvalue weighted by Crippen LogP contribution is -2.32. The van der Waals surface area contributed by atoms with E-state index >= 15 is 0 Å². The SMILES string of the molecule is COc1cccc(/C(O)=C2\C(=O)C(=O)N(CCCN(C)C)C2c2ccc([N+](=O)[O-])cc2)c1. The van der Waals surface area contributed by atoms with E-state index in [1.54, 1.807) is 24.3 Å². The Morgan fingerprint density at radius 3 is 2.47 bits per heavy atom. The molecule has 1 aliphatic rings. The molecule has 0 spiro atoms. The fourth-order valence-corrected chi connectivity index (χ4v) is 3.72. The molecule has 9 heteroatoms. The van der Waals surface area contributed by atoms with Crippen molar-refractivity contribution in [3.05, 3.63) is 75.3 Å². The Hall–Kier alpha value is -3.72. The second-order valence-corrected chi connectivity index (χ2v) is 7.73. The Bertz CT molecular complexity index is 1060. The van der Waals surface area contributed by atoms with Crippen molar-refractivity contribution < 1.29 is 24.4 Å². The van der Waals surface area contributed by atoms with Crippen molar-refractivity contribution in [1.29, 1.82) is 0 Å². The maximum absolute atomic E-state index is 13.0. The number of Topliss-reactive ketones (excluding diaryl/α,β-unsaturated/α-hetero) is 1. The van der Waals surface area contributed by atoms with Gasteiger partial charge in [0.25, 0.3) is 17.4 Å². The zero-order valence-electron chi connectivity index (χ0n) is 18.1. The van der Waals surface area contributed by atoms with E-state index in [0.717, 1.165) is 0 Å². The molecule has 32 heavy (non-hydrogen) atoms. The highest BCUT2D eigenvalue weighted by Crippen LogP contribution is 2.40. The number of nitrogens with zero attached hydrogens (tertiary/aromatic N) is 3. The molecule has 1 aliphatic heterocycles. The molecular weight excluding hydrogens is 414 g/mol. The highest BCUT2D eigenvalue weighted by Gasteiger charge is 2.45. The van der Waals surface area contributed by atoms with Crippen LogP contribution in [0.1, 0.15) is 23.6 Å². The molecule has 1 N–H and O–H groups in total. The van der Waals surface area contributed by atoms with E-state index in [1.165, 1.54) is 36.3 Å². The number of hydrogen-bond acceptors (Lipinski definition) is 7. The van der Waals surface area contributed by atoms with Crippen LogP contribution in [-0.4, -0.2) is 65.8 Å². The minimum absolute atomic E-state index is 0.0537. The number of carbonyl (C=O) groups excluding carboxylic acids is 2. The van der Waals surface area contributed by atoms with E-state index in [0.29, 0.717) is 36.4 Å². The number of carbonyl (C=O) groups is 2. The van der Waals surface area contributed by atoms with E-state index in [2.05, 4.69) is 0 Å². The van der Waals surface area contributed by atoms with Crippen LogP contribution in [0.3, 0.4) is 0 Å². The van der Waals surface area contributed by atoms with Gasteiger partial charge in [-0.2, -0.15) is 0 Å². The van der Waals surface area contributed by atoms with E-state index in [1.807, 2.05) is 19.0 Å². The predicted molar refractivity (Wildman–Crippen MR) is 118 cm³/mol. The van der Waals surface area contributed by atoms with Gasteiger partial charge >= 0.3 is 0 Å². The van der Waals surface area contributed by atoms with Crippen molar-refractivity contribution in [3.63, 3.8) is 0 Å². The van der Waals surface area contributed by atoms with Crippen molar-refractivity contribution in [2.75, 3.05) is 34.3 Å². The van der Waals surface area contributed by atoms with E-state index in [9.17, 15) is 24.8 Å². The summed E-state index contributed by atoms with van der Waals surface area (Å²) >= 11 is 0. The fraction of sp³-hybridized carbons (Fsp3) is 0.304. The van der Waals surface area contributed by atoms with Crippen LogP contribution in [-0.2, 0) is 9.59 Å². The molecule has 0 bridgehead atoms. The number of ether oxygens (including phenoxy) is 1. The summed E-state index contributed by atoms with van der Waals surface area (Å²) in [7, 11) is 5.30. The van der Waals surface area contributed by atoms with Crippen LogP contribution in [0.15, 0.2) is 54.1 Å². The van der Waals surface area contributed by atoms with Gasteiger partial charge in [-0.3, -0.25) is 19.7 Å². The van der Waals surface area contributed by atoms with Gasteiger partial charge in [-0.15, -0.1) is 0 Å². The number of nitro groups is 1. The summed E-state index contributed by atoms with van der Waals surface area (Å²) in [5, 5.41) is 22.1. The van der Waals surface area contributed by atoms with Crippen LogP contribution < -0.4 is 4.74 Å². The number of amides is 1. The third-order valence-electron chi connectivity index (χ3n) is 5.31. The molecule has 1 heterocycles. The van der Waals surface area contributed by atoms with Gasteiger partial charge in [-0.05, 0) is 56.9 Å². The predicted octanol–water partition coefficient (Wildman–Crippen LogP) is 2.98. The van der Waals surface area contributed by atoms with Crippen molar-refractivity contribution in [2.45, 2.75) is 12.5 Å². The molecule has 9 nitrogen and oxygen atoms in total. The van der Waals surface area contributed by atoms with Crippen LogP contribution in [0.4, 0.5) is 5.69 Å². The van der Waals surface area contributed by atoms with Crippen LogP contribution in [0, 0.1) is 10.1 Å². The second kappa shape index (κ2) is 9.61. The lowest BCUT2D eigenvalue weighted by atomic mass is 9.95. The smallest absolute Gasteiger partial charge is 0.295 e. The first-order valence-corrected chi connectivity index (χ1v) is 10.1. The topological polar surface area (TPSA) is 113 Å². The number of rotatable bonds is 8. The van der Waals surface area contributed by atoms with E-state index < -0.39 is 22.7 Å². The van der Waals surface area contributed by atoms with Crippen LogP contribution in [0.2, 0.25) is 0 Å². The van der Waals surface area contributed by atoms with E-state index in [-0.39, 0.29) is 17.0 Å². The number of ketones is 1. The standard InChI is InChI=1S/C23H25N3O6/c1-24(2)12-5-13-25-20(15-8-10-17(11-9-15)26(30)31)19(22(28)23(25)29)21(27)16-6-4-7-18(14-16)32-3/h4,6-11,14,20,27H,5,12-13H2,1-3H3/b21-19+. The molecule has 1 unspecified atom stereocenters. The second-order valence-electron chi connectivity index (χ2n) is 7.73. The summed E-state index contributed by atoms with van der Waals surface area (Å²) < 4.78 is 5.19. The van der Waals surface area contributed by atoms with Gasteiger partial charge in [0.15, 0.2) is 0 Å². The Labute approximate surface area is 185 Å². The molecule has 2 aromatic rings. The Balaban J connectivity index is 2.10. The number of nitro benzene ring substituents is 1. The highest BCUT2D eigenvalue weighted by atomic mass is 16.6. The third kappa shape index (κ3) is 4.62. The lowest BCUT2D eigenvalue weighted by molar-refractivity contribution is -0.384. The normalized spacial score (nSPS) is 17.8. The number of hydrogen-bond donors (Lipinski definition) is 1. The van der Waals surface area contributed by atoms with Crippen molar-refractivity contribution in [3.8, 4) is 5.75 Å². The van der Waals surface area contributed by atoms with Crippen molar-refractivity contribution >= 4 is 23.1 Å². The zero-order valence-corrected chi connectivity index (χ0v) is 18.1. The maximum Gasteiger partial charge on any atom is 0.295 e. The van der Waals surface area contributed by atoms with Gasteiger partial charge < -0.3 is 19.6 Å².